The zero-order valence-electron chi connectivity index (χ0n) is 15.9. The fourth-order valence-corrected chi connectivity index (χ4v) is 3.66. The van der Waals surface area contributed by atoms with Crippen LogP contribution in [-0.2, 0) is 12.1 Å². The number of pyridine rings is 2. The number of hydrogen-bond acceptors (Lipinski definition) is 6. The fraction of sp³-hybridized carbons (Fsp3) is 0.227. The summed E-state index contributed by atoms with van der Waals surface area (Å²) in [6, 6.07) is 14.2. The third kappa shape index (κ3) is 3.30. The van der Waals surface area contributed by atoms with Gasteiger partial charge in [-0.25, -0.2) is 4.98 Å². The minimum Gasteiger partial charge on any atom is -0.396 e. The zero-order chi connectivity index (χ0) is 19.8. The van der Waals surface area contributed by atoms with E-state index in [0.717, 1.165) is 35.0 Å². The summed E-state index contributed by atoms with van der Waals surface area (Å²) in [6.45, 7) is 0.507. The van der Waals surface area contributed by atoms with E-state index >= 15 is 0 Å². The molecule has 1 fully saturated rings. The normalized spacial score (nSPS) is 14.8. The second kappa shape index (κ2) is 6.86. The number of aliphatic hydroxyl groups excluding tert-OH is 1. The maximum atomic E-state index is 9.08. The van der Waals surface area contributed by atoms with E-state index in [9.17, 15) is 0 Å². The van der Waals surface area contributed by atoms with E-state index in [1.807, 2.05) is 30.6 Å². The van der Waals surface area contributed by atoms with Crippen LogP contribution in [0, 0.1) is 0 Å². The maximum absolute atomic E-state index is 9.08. The Morgan fingerprint density at radius 2 is 2.07 bits per heavy atom. The Morgan fingerprint density at radius 1 is 1.17 bits per heavy atom. The Bertz CT molecular complexity index is 1180. The van der Waals surface area contributed by atoms with Crippen LogP contribution in [0.15, 0.2) is 61.1 Å². The van der Waals surface area contributed by atoms with Gasteiger partial charge in [-0.2, -0.15) is 5.10 Å². The topological polar surface area (TPSA) is 102 Å². The molecule has 1 aromatic carbocycles. The van der Waals surface area contributed by atoms with Gasteiger partial charge in [0, 0.05) is 23.3 Å². The molecule has 0 radical (unpaired) electrons. The van der Waals surface area contributed by atoms with Gasteiger partial charge in [0.2, 0.25) is 0 Å². The van der Waals surface area contributed by atoms with Gasteiger partial charge in [-0.3, -0.25) is 9.67 Å². The van der Waals surface area contributed by atoms with Crippen LogP contribution in [-0.4, -0.2) is 31.5 Å². The summed E-state index contributed by atoms with van der Waals surface area (Å²) < 4.78 is 1.70. The summed E-state index contributed by atoms with van der Waals surface area (Å²) in [5.41, 5.74) is 10.6. The molecule has 1 aliphatic rings. The molecule has 146 valence electrons. The maximum Gasteiger partial charge on any atom is 0.150 e. The van der Waals surface area contributed by atoms with E-state index in [-0.39, 0.29) is 12.1 Å². The number of nitrogens with two attached hydrogens (primary N) is 1. The third-order valence-corrected chi connectivity index (χ3v) is 5.45. The molecule has 0 unspecified atom stereocenters. The molecule has 0 amide bonds. The van der Waals surface area contributed by atoms with E-state index in [4.69, 9.17) is 15.8 Å². The number of anilines is 2. The Balaban J connectivity index is 1.45. The molecule has 3 heterocycles. The van der Waals surface area contributed by atoms with Crippen LogP contribution < -0.4 is 11.1 Å². The zero-order valence-corrected chi connectivity index (χ0v) is 15.9. The number of aromatic nitrogens is 4. The predicted octanol–water partition coefficient (Wildman–Crippen LogP) is 3.17. The van der Waals surface area contributed by atoms with E-state index < -0.39 is 0 Å². The van der Waals surface area contributed by atoms with E-state index in [1.165, 1.54) is 5.56 Å². The van der Waals surface area contributed by atoms with Gasteiger partial charge < -0.3 is 16.2 Å². The summed E-state index contributed by atoms with van der Waals surface area (Å²) in [6.07, 6.45) is 7.49. The number of nitrogens with zero attached hydrogens (tertiary/aromatic N) is 4. The Labute approximate surface area is 168 Å². The van der Waals surface area contributed by atoms with Crippen molar-refractivity contribution in [3.8, 4) is 11.3 Å². The van der Waals surface area contributed by atoms with Crippen molar-refractivity contribution in [2.75, 3.05) is 17.7 Å². The molecule has 3 aromatic heterocycles. The first-order valence-electron chi connectivity index (χ1n) is 9.71. The van der Waals surface area contributed by atoms with Crippen molar-refractivity contribution in [1.82, 2.24) is 19.7 Å². The number of rotatable bonds is 6. The Hall–Kier alpha value is -3.45. The number of nitrogen functional groups attached to an aromatic ring is 1. The highest BCUT2D eigenvalue weighted by Gasteiger charge is 2.45. The molecular formula is C22H22N6O. The van der Waals surface area contributed by atoms with E-state index in [2.05, 4.69) is 39.7 Å². The van der Waals surface area contributed by atoms with Crippen LogP contribution in [0.3, 0.4) is 0 Å². The average Bonchev–Trinajstić information content (AvgIpc) is 3.38. The molecule has 1 saturated carbocycles. The molecule has 29 heavy (non-hydrogen) atoms. The summed E-state index contributed by atoms with van der Waals surface area (Å²) in [7, 11) is 0. The number of benzene rings is 1. The monoisotopic (exact) mass is 386 g/mol. The van der Waals surface area contributed by atoms with Gasteiger partial charge >= 0.3 is 0 Å². The molecule has 5 rings (SSSR count). The molecular weight excluding hydrogens is 364 g/mol. The lowest BCUT2D eigenvalue weighted by Crippen LogP contribution is -2.20. The van der Waals surface area contributed by atoms with Gasteiger partial charge in [0.05, 0.1) is 41.8 Å². The summed E-state index contributed by atoms with van der Waals surface area (Å²) in [4.78, 5) is 9.17. The average molecular weight is 386 g/mol. The fourth-order valence-electron chi connectivity index (χ4n) is 3.66. The lowest BCUT2D eigenvalue weighted by molar-refractivity contribution is 0.269. The molecule has 4 aromatic rings. The SMILES string of the molecule is Nc1ccc(-c2cnn(CCO)c2)nc1NC1(c2ccc3ncccc3c2)CC1. The highest BCUT2D eigenvalue weighted by Crippen LogP contribution is 2.49. The van der Waals surface area contributed by atoms with E-state index in [1.54, 1.807) is 10.9 Å². The molecule has 0 spiro atoms. The predicted molar refractivity (Wildman–Crippen MR) is 113 cm³/mol. The molecule has 0 bridgehead atoms. The standard InChI is InChI=1S/C22H22N6O/c23-18-4-6-20(16-13-25-28(14-16)10-11-29)26-21(18)27-22(7-8-22)17-3-5-19-15(12-17)2-1-9-24-19/h1-6,9,12-14,29H,7-8,10-11,23H2,(H,26,27). The van der Waals surface area contributed by atoms with Gasteiger partial charge in [-0.1, -0.05) is 12.1 Å². The number of fused-ring (bicyclic) bond motifs is 1. The third-order valence-electron chi connectivity index (χ3n) is 5.45. The van der Waals surface area contributed by atoms with Gasteiger partial charge in [0.15, 0.2) is 5.82 Å². The molecule has 7 nitrogen and oxygen atoms in total. The minimum atomic E-state index is -0.148. The summed E-state index contributed by atoms with van der Waals surface area (Å²) in [5.74, 6) is 0.682. The number of aliphatic hydroxyl groups is 1. The van der Waals surface area contributed by atoms with Crippen LogP contribution in [0.4, 0.5) is 11.5 Å². The first-order valence-corrected chi connectivity index (χ1v) is 9.71. The number of nitrogens with one attached hydrogen (secondary N) is 1. The molecule has 4 N–H and O–H groups in total. The first-order chi connectivity index (χ1) is 14.2. The molecule has 7 heteroatoms. The van der Waals surface area contributed by atoms with Crippen molar-refractivity contribution in [2.45, 2.75) is 24.9 Å². The summed E-state index contributed by atoms with van der Waals surface area (Å²) in [5, 5.41) is 18.1. The van der Waals surface area contributed by atoms with Gasteiger partial charge in [-0.05, 0) is 48.7 Å². The second-order valence-corrected chi connectivity index (χ2v) is 7.47. The highest BCUT2D eigenvalue weighted by molar-refractivity contribution is 5.80. The second-order valence-electron chi connectivity index (χ2n) is 7.47. The quantitative estimate of drug-likeness (QED) is 0.470. The largest absolute Gasteiger partial charge is 0.396 e. The van der Waals surface area contributed by atoms with Crippen molar-refractivity contribution in [1.29, 1.82) is 0 Å². The van der Waals surface area contributed by atoms with Gasteiger partial charge in [0.25, 0.3) is 0 Å². The molecule has 0 saturated heterocycles. The van der Waals surface area contributed by atoms with E-state index in [0.29, 0.717) is 18.1 Å². The van der Waals surface area contributed by atoms with Crippen LogP contribution in [0.2, 0.25) is 0 Å². The number of hydrogen-bond donors (Lipinski definition) is 3. The smallest absolute Gasteiger partial charge is 0.150 e. The van der Waals surface area contributed by atoms with Crippen LogP contribution in [0.5, 0.6) is 0 Å². The minimum absolute atomic E-state index is 0.0485. The lowest BCUT2D eigenvalue weighted by Gasteiger charge is -2.20. The molecule has 0 atom stereocenters. The van der Waals surface area contributed by atoms with Crippen molar-refractivity contribution < 1.29 is 5.11 Å². The van der Waals surface area contributed by atoms with Crippen LogP contribution >= 0.6 is 0 Å². The van der Waals surface area contributed by atoms with Crippen LogP contribution in [0.1, 0.15) is 18.4 Å². The Morgan fingerprint density at radius 3 is 2.90 bits per heavy atom. The first kappa shape index (κ1) is 17.6. The molecule has 0 aliphatic heterocycles. The van der Waals surface area contributed by atoms with Crippen molar-refractivity contribution >= 4 is 22.4 Å². The van der Waals surface area contributed by atoms with Crippen molar-refractivity contribution in [3.63, 3.8) is 0 Å². The highest BCUT2D eigenvalue weighted by atomic mass is 16.3. The van der Waals surface area contributed by atoms with Gasteiger partial charge in [-0.15, -0.1) is 0 Å². The lowest BCUT2D eigenvalue weighted by atomic mass is 10.0. The van der Waals surface area contributed by atoms with Crippen molar-refractivity contribution in [2.24, 2.45) is 0 Å². The molecule has 1 aliphatic carbocycles. The van der Waals surface area contributed by atoms with Crippen molar-refractivity contribution in [3.05, 3.63) is 66.6 Å². The summed E-state index contributed by atoms with van der Waals surface area (Å²) >= 11 is 0. The van der Waals surface area contributed by atoms with Crippen LogP contribution in [0.25, 0.3) is 22.2 Å². The van der Waals surface area contributed by atoms with Gasteiger partial charge in [0.1, 0.15) is 0 Å². The Kier molecular flexibility index (Phi) is 4.17.